The third kappa shape index (κ3) is 1.81. The lowest BCUT2D eigenvalue weighted by Crippen LogP contribution is -1.95. The minimum atomic E-state index is 0.725. The highest BCUT2D eigenvalue weighted by Gasteiger charge is 1.89. The van der Waals surface area contributed by atoms with E-state index in [4.69, 9.17) is 0 Å². The molecule has 0 unspecified atom stereocenters. The molecule has 0 aliphatic carbocycles. The van der Waals surface area contributed by atoms with E-state index in [-0.39, 0.29) is 0 Å². The van der Waals surface area contributed by atoms with Crippen LogP contribution in [0.3, 0.4) is 0 Å². The Hall–Kier alpha value is -0.900. The van der Waals surface area contributed by atoms with Gasteiger partial charge in [0.1, 0.15) is 0 Å². The Morgan fingerprint density at radius 2 is 2.78 bits per heavy atom. The van der Waals surface area contributed by atoms with Gasteiger partial charge < -0.3 is 5.32 Å². The van der Waals surface area contributed by atoms with Crippen LogP contribution in [0.4, 0.5) is 5.13 Å². The molecule has 0 spiro atoms. The van der Waals surface area contributed by atoms with Crippen LogP contribution in [0.15, 0.2) is 12.7 Å². The number of hydrogen-bond donors (Lipinski definition) is 1. The van der Waals surface area contributed by atoms with Crippen LogP contribution in [0, 0.1) is 6.33 Å². The molecule has 1 heterocycles. The summed E-state index contributed by atoms with van der Waals surface area (Å²) in [6, 6.07) is 0. The fraction of sp³-hybridized carbons (Fsp3) is 0.200. The zero-order valence-electron chi connectivity index (χ0n) is 4.79. The molecular formula is C5H6N3S. The Labute approximate surface area is 57.6 Å². The monoisotopic (exact) mass is 140 g/mol. The van der Waals surface area contributed by atoms with Gasteiger partial charge in [0.25, 0.3) is 0 Å². The predicted molar refractivity (Wildman–Crippen MR) is 37.4 cm³/mol. The Bertz CT molecular complexity index is 170. The Morgan fingerprint density at radius 3 is 3.33 bits per heavy atom. The Kier molecular flexibility index (Phi) is 2.21. The van der Waals surface area contributed by atoms with Gasteiger partial charge >= 0.3 is 0 Å². The first kappa shape index (κ1) is 6.22. The standard InChI is InChI=1S/C5H6N3S/c1-2-3-6-5-7-4-8-9-5/h2H,1,3H2,(H,6,7,8). The zero-order valence-corrected chi connectivity index (χ0v) is 5.61. The molecule has 1 aromatic rings. The summed E-state index contributed by atoms with van der Waals surface area (Å²) in [5.41, 5.74) is 0. The van der Waals surface area contributed by atoms with Gasteiger partial charge in [-0.25, -0.2) is 0 Å². The van der Waals surface area contributed by atoms with E-state index in [0.717, 1.165) is 11.7 Å². The van der Waals surface area contributed by atoms with Gasteiger partial charge in [-0.2, -0.15) is 9.36 Å². The smallest absolute Gasteiger partial charge is 0.213 e. The molecule has 0 aliphatic rings. The van der Waals surface area contributed by atoms with Crippen molar-refractivity contribution in [2.24, 2.45) is 0 Å². The molecule has 0 aromatic carbocycles. The van der Waals surface area contributed by atoms with Crippen molar-refractivity contribution in [2.75, 3.05) is 11.9 Å². The van der Waals surface area contributed by atoms with Crippen molar-refractivity contribution >= 4 is 16.7 Å². The van der Waals surface area contributed by atoms with Gasteiger partial charge in [-0.3, -0.25) is 0 Å². The Balaban J connectivity index is 2.38. The van der Waals surface area contributed by atoms with Gasteiger partial charge in [0.05, 0.1) is 0 Å². The topological polar surface area (TPSA) is 37.8 Å². The van der Waals surface area contributed by atoms with E-state index in [1.54, 1.807) is 6.08 Å². The van der Waals surface area contributed by atoms with Crippen molar-refractivity contribution in [1.82, 2.24) is 9.36 Å². The molecule has 0 fully saturated rings. The second kappa shape index (κ2) is 3.19. The van der Waals surface area contributed by atoms with Gasteiger partial charge in [0, 0.05) is 18.1 Å². The van der Waals surface area contributed by atoms with Crippen LogP contribution < -0.4 is 5.32 Å². The van der Waals surface area contributed by atoms with Crippen LogP contribution in [-0.4, -0.2) is 15.9 Å². The molecule has 47 valence electrons. The van der Waals surface area contributed by atoms with Gasteiger partial charge in [0.15, 0.2) is 0 Å². The maximum Gasteiger partial charge on any atom is 0.213 e. The molecule has 0 saturated carbocycles. The quantitative estimate of drug-likeness (QED) is 0.635. The van der Waals surface area contributed by atoms with Gasteiger partial charge in [-0.05, 0) is 0 Å². The van der Waals surface area contributed by atoms with Crippen LogP contribution in [0.5, 0.6) is 0 Å². The Morgan fingerprint density at radius 1 is 1.89 bits per heavy atom. The highest BCUT2D eigenvalue weighted by molar-refractivity contribution is 7.09. The fourth-order valence-corrected chi connectivity index (χ4v) is 0.779. The molecule has 4 heteroatoms. The number of rotatable bonds is 3. The van der Waals surface area contributed by atoms with Gasteiger partial charge in [-0.1, -0.05) is 6.08 Å². The minimum absolute atomic E-state index is 0.725. The largest absolute Gasteiger partial charge is 0.357 e. The van der Waals surface area contributed by atoms with Crippen molar-refractivity contribution in [3.8, 4) is 0 Å². The van der Waals surface area contributed by atoms with Crippen molar-refractivity contribution in [3.05, 3.63) is 19.0 Å². The first-order valence-electron chi connectivity index (χ1n) is 2.48. The average Bonchev–Trinajstić information content (AvgIpc) is 2.34. The van der Waals surface area contributed by atoms with Crippen LogP contribution >= 0.6 is 11.5 Å². The molecule has 1 radical (unpaired) electrons. The highest BCUT2D eigenvalue weighted by atomic mass is 32.1. The third-order valence-corrected chi connectivity index (χ3v) is 1.30. The molecule has 3 nitrogen and oxygen atoms in total. The first-order valence-corrected chi connectivity index (χ1v) is 3.25. The SMILES string of the molecule is C=CCNc1n[c]ns1. The second-order valence-corrected chi connectivity index (χ2v) is 2.12. The summed E-state index contributed by atoms with van der Waals surface area (Å²) >= 11 is 1.29. The molecule has 0 aliphatic heterocycles. The highest BCUT2D eigenvalue weighted by Crippen LogP contribution is 2.04. The molecular weight excluding hydrogens is 134 g/mol. The van der Waals surface area contributed by atoms with Crippen LogP contribution in [-0.2, 0) is 0 Å². The molecule has 0 saturated heterocycles. The zero-order chi connectivity index (χ0) is 6.53. The molecule has 1 rings (SSSR count). The molecule has 9 heavy (non-hydrogen) atoms. The van der Waals surface area contributed by atoms with E-state index in [2.05, 4.69) is 27.6 Å². The van der Waals surface area contributed by atoms with Crippen molar-refractivity contribution < 1.29 is 0 Å². The lowest BCUT2D eigenvalue weighted by molar-refractivity contribution is 1.25. The van der Waals surface area contributed by atoms with Crippen molar-refractivity contribution in [3.63, 3.8) is 0 Å². The summed E-state index contributed by atoms with van der Waals surface area (Å²) in [6.07, 6.45) is 4.23. The summed E-state index contributed by atoms with van der Waals surface area (Å²) in [4.78, 5) is 3.78. The fourth-order valence-electron chi connectivity index (χ4n) is 0.381. The molecule has 0 bridgehead atoms. The summed E-state index contributed by atoms with van der Waals surface area (Å²) < 4.78 is 3.68. The number of nitrogens with zero attached hydrogens (tertiary/aromatic N) is 2. The van der Waals surface area contributed by atoms with E-state index in [1.807, 2.05) is 0 Å². The number of nitrogens with one attached hydrogen (secondary N) is 1. The summed E-state index contributed by atoms with van der Waals surface area (Å²) in [5, 5.41) is 3.76. The van der Waals surface area contributed by atoms with E-state index in [1.165, 1.54) is 11.5 Å². The van der Waals surface area contributed by atoms with Crippen molar-refractivity contribution in [2.45, 2.75) is 0 Å². The van der Waals surface area contributed by atoms with E-state index in [9.17, 15) is 0 Å². The molecule has 0 atom stereocenters. The lowest BCUT2D eigenvalue weighted by atomic mass is 10.6. The maximum absolute atomic E-state index is 3.78. The van der Waals surface area contributed by atoms with Gasteiger partial charge in [0.2, 0.25) is 11.5 Å². The normalized spacial score (nSPS) is 8.89. The number of anilines is 1. The van der Waals surface area contributed by atoms with Crippen LogP contribution in [0.25, 0.3) is 0 Å². The minimum Gasteiger partial charge on any atom is -0.357 e. The van der Waals surface area contributed by atoms with E-state index < -0.39 is 0 Å². The van der Waals surface area contributed by atoms with Gasteiger partial charge in [-0.15, -0.1) is 6.58 Å². The lowest BCUT2D eigenvalue weighted by Gasteiger charge is -1.91. The van der Waals surface area contributed by atoms with Crippen LogP contribution in [0.2, 0.25) is 0 Å². The summed E-state index contributed by atoms with van der Waals surface area (Å²) in [6.45, 7) is 4.27. The van der Waals surface area contributed by atoms with Crippen molar-refractivity contribution in [1.29, 1.82) is 0 Å². The summed E-state index contributed by atoms with van der Waals surface area (Å²) in [7, 11) is 0. The maximum atomic E-state index is 3.78. The molecule has 0 amide bonds. The first-order chi connectivity index (χ1) is 4.43. The van der Waals surface area contributed by atoms with E-state index >= 15 is 0 Å². The average molecular weight is 140 g/mol. The molecule has 1 aromatic heterocycles. The summed E-state index contributed by atoms with van der Waals surface area (Å²) in [5.74, 6) is 0. The predicted octanol–water partition coefficient (Wildman–Crippen LogP) is 0.936. The number of hydrogen-bond acceptors (Lipinski definition) is 4. The van der Waals surface area contributed by atoms with Crippen LogP contribution in [0.1, 0.15) is 0 Å². The van der Waals surface area contributed by atoms with E-state index in [0.29, 0.717) is 0 Å². The number of aromatic nitrogens is 2. The second-order valence-electron chi connectivity index (χ2n) is 1.37. The molecule has 1 N–H and O–H groups in total. The third-order valence-electron chi connectivity index (χ3n) is 0.722.